The third-order valence-electron chi connectivity index (χ3n) is 14.1. The van der Waals surface area contributed by atoms with Crippen molar-refractivity contribution in [3.63, 3.8) is 0 Å². The lowest BCUT2D eigenvalue weighted by molar-refractivity contribution is -0.144. The van der Waals surface area contributed by atoms with Crippen LogP contribution < -0.4 is 0 Å². The number of aliphatic carboxylic acids is 1. The van der Waals surface area contributed by atoms with E-state index in [-0.39, 0.29) is 5.92 Å². The van der Waals surface area contributed by atoms with Crippen molar-refractivity contribution in [1.29, 1.82) is 0 Å². The first-order valence-electron chi connectivity index (χ1n) is 20.5. The number of rotatable bonds is 19. The summed E-state index contributed by atoms with van der Waals surface area (Å²) in [6, 6.07) is 0. The SMILES string of the molecule is CC/C=C/C/C=C/C/C=C/CCCCCCC(C(=O)O)[C@H]1CC[C@@]2(C)C(=CC[C@H]3[C@@H]4CC[C@H]([C@H](C)CCCC(C)C)[C@@]4(C)CC[C@@H]32)C1. The first kappa shape index (κ1) is 38.2. The Bertz CT molecular complexity index is 1080. The molecule has 2 heteroatoms. The molecule has 0 aromatic carbocycles. The highest BCUT2D eigenvalue weighted by molar-refractivity contribution is 5.70. The number of carbonyl (C=O) groups is 1. The number of carboxylic acids is 1. The Hall–Kier alpha value is -1.57. The minimum absolute atomic E-state index is 0.167. The number of hydrogen-bond acceptors (Lipinski definition) is 1. The molecule has 2 nitrogen and oxygen atoms in total. The molecule has 4 aliphatic carbocycles. The number of fused-ring (bicyclic) bond motifs is 5. The molecule has 0 aromatic heterocycles. The monoisotopic (exact) mass is 647 g/mol. The lowest BCUT2D eigenvalue weighted by Crippen LogP contribution is -2.51. The Morgan fingerprint density at radius 3 is 2.28 bits per heavy atom. The molecule has 3 saturated carbocycles. The van der Waals surface area contributed by atoms with Crippen molar-refractivity contribution in [3.05, 3.63) is 48.1 Å². The van der Waals surface area contributed by atoms with Gasteiger partial charge in [-0.05, 0) is 142 Å². The minimum Gasteiger partial charge on any atom is -0.481 e. The second kappa shape index (κ2) is 18.4. The molecule has 4 aliphatic rings. The lowest BCUT2D eigenvalue weighted by Gasteiger charge is -2.59. The highest BCUT2D eigenvalue weighted by Crippen LogP contribution is 2.67. The van der Waals surface area contributed by atoms with Gasteiger partial charge in [0.1, 0.15) is 0 Å². The van der Waals surface area contributed by atoms with Gasteiger partial charge in [-0.3, -0.25) is 4.79 Å². The van der Waals surface area contributed by atoms with Crippen LogP contribution in [0.3, 0.4) is 0 Å². The van der Waals surface area contributed by atoms with E-state index in [0.29, 0.717) is 16.7 Å². The Labute approximate surface area is 291 Å². The van der Waals surface area contributed by atoms with Crippen LogP contribution in [0.1, 0.15) is 170 Å². The normalized spacial score (nSPS) is 33.7. The molecule has 9 atom stereocenters. The van der Waals surface area contributed by atoms with Crippen LogP contribution in [0, 0.1) is 58.2 Å². The fourth-order valence-corrected chi connectivity index (χ4v) is 11.4. The molecular weight excluding hydrogens is 572 g/mol. The average molecular weight is 647 g/mol. The predicted molar refractivity (Wildman–Crippen MR) is 202 cm³/mol. The van der Waals surface area contributed by atoms with E-state index in [9.17, 15) is 9.90 Å². The molecular formula is C45H74O2. The van der Waals surface area contributed by atoms with E-state index in [1.54, 1.807) is 5.57 Å². The summed E-state index contributed by atoms with van der Waals surface area (Å²) in [7, 11) is 0. The molecule has 3 fully saturated rings. The summed E-state index contributed by atoms with van der Waals surface area (Å²) in [5.41, 5.74) is 2.49. The van der Waals surface area contributed by atoms with Gasteiger partial charge in [-0.1, -0.05) is 128 Å². The largest absolute Gasteiger partial charge is 0.481 e. The summed E-state index contributed by atoms with van der Waals surface area (Å²) in [5.74, 6) is 4.77. The molecule has 266 valence electrons. The van der Waals surface area contributed by atoms with E-state index in [1.165, 1.54) is 70.6 Å². The molecule has 0 radical (unpaired) electrons. The number of allylic oxidation sites excluding steroid dienone is 8. The van der Waals surface area contributed by atoms with Crippen LogP contribution in [-0.4, -0.2) is 11.1 Å². The second-order valence-corrected chi connectivity index (χ2v) is 17.5. The van der Waals surface area contributed by atoms with E-state index in [2.05, 4.69) is 84.1 Å². The molecule has 0 saturated heterocycles. The Morgan fingerprint density at radius 1 is 0.830 bits per heavy atom. The van der Waals surface area contributed by atoms with Crippen molar-refractivity contribution >= 4 is 5.97 Å². The quantitative estimate of drug-likeness (QED) is 0.112. The van der Waals surface area contributed by atoms with Crippen molar-refractivity contribution < 1.29 is 9.90 Å². The highest BCUT2D eigenvalue weighted by Gasteiger charge is 2.59. The van der Waals surface area contributed by atoms with E-state index in [4.69, 9.17) is 0 Å². The van der Waals surface area contributed by atoms with Crippen molar-refractivity contribution in [1.82, 2.24) is 0 Å². The molecule has 0 spiro atoms. The van der Waals surface area contributed by atoms with Crippen LogP contribution in [0.25, 0.3) is 0 Å². The fourth-order valence-electron chi connectivity index (χ4n) is 11.4. The fraction of sp³-hybridized carbons (Fsp3) is 0.800. The van der Waals surface area contributed by atoms with E-state index < -0.39 is 5.97 Å². The second-order valence-electron chi connectivity index (χ2n) is 17.5. The smallest absolute Gasteiger partial charge is 0.306 e. The van der Waals surface area contributed by atoms with E-state index in [0.717, 1.165) is 93.3 Å². The zero-order valence-corrected chi connectivity index (χ0v) is 31.7. The molecule has 0 heterocycles. The molecule has 1 N–H and O–H groups in total. The van der Waals surface area contributed by atoms with Gasteiger partial charge in [0.15, 0.2) is 0 Å². The van der Waals surface area contributed by atoms with Gasteiger partial charge in [0.2, 0.25) is 0 Å². The Kier molecular flexibility index (Phi) is 15.0. The maximum atomic E-state index is 12.5. The third-order valence-corrected chi connectivity index (χ3v) is 14.1. The first-order valence-corrected chi connectivity index (χ1v) is 20.5. The first-order chi connectivity index (χ1) is 22.6. The minimum atomic E-state index is -0.540. The molecule has 0 amide bonds. The summed E-state index contributed by atoms with van der Waals surface area (Å²) < 4.78 is 0. The van der Waals surface area contributed by atoms with Gasteiger partial charge in [-0.25, -0.2) is 0 Å². The standard InChI is InChI=1S/C45H74O2/c1-7-8-9-10-11-12-13-14-15-16-17-18-19-20-24-38(43(46)47)36-29-31-44(5)37(33-36)25-26-39-41-28-27-40(35(4)23-21-22-34(2)3)45(41,6)32-30-42(39)44/h8-9,11-12,14-15,25,34-36,38-42H,7,10,13,16-24,26-33H2,1-6H3,(H,46,47)/b9-8+,12-11+,15-14+/t35-,36+,38?,39+,40-,41+,42+,44+,45-/m1/s1. The van der Waals surface area contributed by atoms with Crippen molar-refractivity contribution in [2.45, 2.75) is 170 Å². The Balaban J connectivity index is 1.23. The van der Waals surface area contributed by atoms with Gasteiger partial charge >= 0.3 is 5.97 Å². The summed E-state index contributed by atoms with van der Waals surface area (Å²) in [6.45, 7) is 14.8. The van der Waals surface area contributed by atoms with Gasteiger partial charge in [0, 0.05) is 0 Å². The molecule has 0 bridgehead atoms. The summed E-state index contributed by atoms with van der Waals surface area (Å²) in [5, 5.41) is 10.3. The molecule has 0 aromatic rings. The molecule has 0 aliphatic heterocycles. The predicted octanol–water partition coefficient (Wildman–Crippen LogP) is 13.5. The zero-order chi connectivity index (χ0) is 33.9. The molecule has 47 heavy (non-hydrogen) atoms. The van der Waals surface area contributed by atoms with Crippen LogP contribution in [0.5, 0.6) is 0 Å². The highest BCUT2D eigenvalue weighted by atomic mass is 16.4. The van der Waals surface area contributed by atoms with Gasteiger partial charge in [-0.2, -0.15) is 0 Å². The summed E-state index contributed by atoms with van der Waals surface area (Å²) >= 11 is 0. The van der Waals surface area contributed by atoms with Gasteiger partial charge in [0.05, 0.1) is 5.92 Å². The number of hydrogen-bond donors (Lipinski definition) is 1. The van der Waals surface area contributed by atoms with Crippen LogP contribution in [0.15, 0.2) is 48.1 Å². The van der Waals surface area contributed by atoms with Crippen LogP contribution in [0.2, 0.25) is 0 Å². The topological polar surface area (TPSA) is 37.3 Å². The average Bonchev–Trinajstić information content (AvgIpc) is 3.39. The maximum absolute atomic E-state index is 12.5. The van der Waals surface area contributed by atoms with Crippen LogP contribution in [-0.2, 0) is 4.79 Å². The lowest BCUT2D eigenvalue weighted by atomic mass is 9.46. The zero-order valence-electron chi connectivity index (χ0n) is 31.7. The van der Waals surface area contributed by atoms with Gasteiger partial charge < -0.3 is 5.11 Å². The Morgan fingerprint density at radius 2 is 1.55 bits per heavy atom. The number of carboxylic acid groups (broad SMARTS) is 1. The van der Waals surface area contributed by atoms with Gasteiger partial charge in [-0.15, -0.1) is 0 Å². The van der Waals surface area contributed by atoms with E-state index >= 15 is 0 Å². The van der Waals surface area contributed by atoms with E-state index in [1.807, 2.05) is 0 Å². The molecule has 4 rings (SSSR count). The summed E-state index contributed by atoms with van der Waals surface area (Å²) in [6.07, 6.45) is 40.6. The van der Waals surface area contributed by atoms with Crippen LogP contribution >= 0.6 is 0 Å². The van der Waals surface area contributed by atoms with Crippen molar-refractivity contribution in [2.24, 2.45) is 58.2 Å². The molecule has 1 unspecified atom stereocenters. The van der Waals surface area contributed by atoms with Gasteiger partial charge in [0.25, 0.3) is 0 Å². The summed E-state index contributed by atoms with van der Waals surface area (Å²) in [4.78, 5) is 12.5. The maximum Gasteiger partial charge on any atom is 0.306 e. The van der Waals surface area contributed by atoms with Crippen molar-refractivity contribution in [3.8, 4) is 0 Å². The number of unbranched alkanes of at least 4 members (excludes halogenated alkanes) is 4. The van der Waals surface area contributed by atoms with Crippen molar-refractivity contribution in [2.75, 3.05) is 0 Å². The van der Waals surface area contributed by atoms with Crippen LogP contribution in [0.4, 0.5) is 0 Å². The third kappa shape index (κ3) is 9.78.